The van der Waals surface area contributed by atoms with Gasteiger partial charge in [-0.05, 0) is 38.5 Å². The summed E-state index contributed by atoms with van der Waals surface area (Å²) in [6, 6.07) is 7.45. The van der Waals surface area contributed by atoms with Gasteiger partial charge in [0.25, 0.3) is 0 Å². The van der Waals surface area contributed by atoms with Crippen molar-refractivity contribution in [2.45, 2.75) is 39.2 Å². The highest BCUT2D eigenvalue weighted by Crippen LogP contribution is 2.25. The van der Waals surface area contributed by atoms with Crippen LogP contribution in [-0.4, -0.2) is 48.5 Å². The number of benzene rings is 1. The Bertz CT molecular complexity index is 593. The van der Waals surface area contributed by atoms with Crippen molar-refractivity contribution in [3.05, 3.63) is 29.8 Å². The quantitative estimate of drug-likeness (QED) is 0.779. The van der Waals surface area contributed by atoms with Crippen LogP contribution in [0.1, 0.15) is 32.8 Å². The predicted octanol–water partition coefficient (Wildman–Crippen LogP) is 1.33. The first-order valence-electron chi connectivity index (χ1n) is 8.78. The summed E-state index contributed by atoms with van der Waals surface area (Å²) in [6.45, 7) is 8.29. The van der Waals surface area contributed by atoms with E-state index in [1.165, 1.54) is 0 Å². The molecule has 25 heavy (non-hydrogen) atoms. The summed E-state index contributed by atoms with van der Waals surface area (Å²) < 4.78 is 5.42. The summed E-state index contributed by atoms with van der Waals surface area (Å²) in [7, 11) is 0. The van der Waals surface area contributed by atoms with Gasteiger partial charge in [-0.25, -0.2) is 0 Å². The highest BCUT2D eigenvalue weighted by Gasteiger charge is 2.36. The molecule has 0 aromatic heterocycles. The Labute approximate surface area is 149 Å². The first-order chi connectivity index (χ1) is 11.8. The van der Waals surface area contributed by atoms with Crippen LogP contribution >= 0.6 is 0 Å². The topological polar surface area (TPSA) is 84.7 Å². The van der Waals surface area contributed by atoms with Crippen molar-refractivity contribution in [3.8, 4) is 5.75 Å². The largest absolute Gasteiger partial charge is 0.492 e. The van der Waals surface area contributed by atoms with Gasteiger partial charge in [-0.15, -0.1) is 0 Å². The molecular weight excluding hydrogens is 318 g/mol. The molecule has 3 N–H and O–H groups in total. The van der Waals surface area contributed by atoms with Crippen LogP contribution in [0.15, 0.2) is 24.3 Å². The fourth-order valence-electron chi connectivity index (χ4n) is 2.95. The van der Waals surface area contributed by atoms with E-state index in [1.807, 2.05) is 49.9 Å². The maximum Gasteiger partial charge on any atom is 0.224 e. The van der Waals surface area contributed by atoms with E-state index >= 15 is 0 Å². The average molecular weight is 347 g/mol. The SMILES string of the molecule is CC(C)(C)N1C[C@@H](CNC(=O)Cc2ccc(OCCN)cc2)CC1=O. The Morgan fingerprint density at radius 3 is 2.56 bits per heavy atom. The minimum absolute atomic E-state index is 0.0303. The number of ether oxygens (including phenoxy) is 1. The molecule has 6 heteroatoms. The lowest BCUT2D eigenvalue weighted by Gasteiger charge is -2.32. The summed E-state index contributed by atoms with van der Waals surface area (Å²) in [5.41, 5.74) is 6.16. The minimum atomic E-state index is -0.163. The monoisotopic (exact) mass is 347 g/mol. The van der Waals surface area contributed by atoms with Gasteiger partial charge in [-0.1, -0.05) is 12.1 Å². The number of nitrogens with two attached hydrogens (primary N) is 1. The number of nitrogens with one attached hydrogen (secondary N) is 1. The van der Waals surface area contributed by atoms with Crippen molar-refractivity contribution in [2.75, 3.05) is 26.2 Å². The summed E-state index contributed by atoms with van der Waals surface area (Å²) in [5.74, 6) is 1.07. The standard InChI is InChI=1S/C19H29N3O3/c1-19(2,3)22-13-15(11-18(22)24)12-21-17(23)10-14-4-6-16(7-5-14)25-9-8-20/h4-7,15H,8-13,20H2,1-3H3,(H,21,23)/t15-/m1/s1. The molecule has 1 aromatic rings. The van der Waals surface area contributed by atoms with Crippen molar-refractivity contribution in [1.29, 1.82) is 0 Å². The number of amides is 2. The Morgan fingerprint density at radius 2 is 2.00 bits per heavy atom. The zero-order valence-electron chi connectivity index (χ0n) is 15.4. The molecule has 0 aliphatic carbocycles. The highest BCUT2D eigenvalue weighted by molar-refractivity contribution is 5.80. The average Bonchev–Trinajstić information content (AvgIpc) is 2.93. The third-order valence-corrected chi connectivity index (χ3v) is 4.28. The second-order valence-electron chi connectivity index (χ2n) is 7.51. The molecule has 1 aromatic carbocycles. The van der Waals surface area contributed by atoms with Gasteiger partial charge >= 0.3 is 0 Å². The number of rotatable bonds is 7. The van der Waals surface area contributed by atoms with Crippen LogP contribution in [0.2, 0.25) is 0 Å². The van der Waals surface area contributed by atoms with Crippen molar-refractivity contribution in [3.63, 3.8) is 0 Å². The lowest BCUT2D eigenvalue weighted by atomic mass is 10.1. The third-order valence-electron chi connectivity index (χ3n) is 4.28. The Balaban J connectivity index is 1.77. The van der Waals surface area contributed by atoms with Gasteiger partial charge in [-0.2, -0.15) is 0 Å². The van der Waals surface area contributed by atoms with E-state index in [1.54, 1.807) is 0 Å². The van der Waals surface area contributed by atoms with Crippen molar-refractivity contribution < 1.29 is 14.3 Å². The third kappa shape index (κ3) is 5.74. The maximum absolute atomic E-state index is 12.1. The van der Waals surface area contributed by atoms with E-state index in [4.69, 9.17) is 10.5 Å². The molecule has 0 spiro atoms. The normalized spacial score (nSPS) is 17.7. The second-order valence-corrected chi connectivity index (χ2v) is 7.51. The van der Waals surface area contributed by atoms with E-state index < -0.39 is 0 Å². The molecule has 1 heterocycles. The molecule has 0 bridgehead atoms. The molecule has 2 amide bonds. The fraction of sp³-hybridized carbons (Fsp3) is 0.579. The molecule has 1 atom stereocenters. The zero-order valence-corrected chi connectivity index (χ0v) is 15.4. The van der Waals surface area contributed by atoms with Gasteiger partial charge in [-0.3, -0.25) is 9.59 Å². The number of nitrogens with zero attached hydrogens (tertiary/aromatic N) is 1. The minimum Gasteiger partial charge on any atom is -0.492 e. The van der Waals surface area contributed by atoms with E-state index in [2.05, 4.69) is 5.32 Å². The van der Waals surface area contributed by atoms with Gasteiger partial charge in [0, 0.05) is 37.5 Å². The van der Waals surface area contributed by atoms with Gasteiger partial charge in [0.15, 0.2) is 0 Å². The summed E-state index contributed by atoms with van der Waals surface area (Å²) >= 11 is 0. The smallest absolute Gasteiger partial charge is 0.224 e. The number of hydrogen-bond donors (Lipinski definition) is 2. The summed E-state index contributed by atoms with van der Waals surface area (Å²) in [5, 5.41) is 2.95. The first-order valence-corrected chi connectivity index (χ1v) is 8.78. The lowest BCUT2D eigenvalue weighted by molar-refractivity contribution is -0.131. The molecule has 0 unspecified atom stereocenters. The second kappa shape index (κ2) is 8.34. The van der Waals surface area contributed by atoms with E-state index in [9.17, 15) is 9.59 Å². The van der Waals surface area contributed by atoms with Crippen LogP contribution in [0.3, 0.4) is 0 Å². The molecule has 1 aliphatic heterocycles. The Hall–Kier alpha value is -2.08. The van der Waals surface area contributed by atoms with E-state index in [-0.39, 0.29) is 23.3 Å². The Morgan fingerprint density at radius 1 is 1.32 bits per heavy atom. The molecule has 6 nitrogen and oxygen atoms in total. The molecule has 1 aliphatic rings. The van der Waals surface area contributed by atoms with Crippen LogP contribution in [0.4, 0.5) is 0 Å². The number of likely N-dealkylation sites (tertiary alicyclic amines) is 1. The highest BCUT2D eigenvalue weighted by atomic mass is 16.5. The maximum atomic E-state index is 12.1. The number of hydrogen-bond acceptors (Lipinski definition) is 4. The van der Waals surface area contributed by atoms with Crippen LogP contribution in [0, 0.1) is 5.92 Å². The summed E-state index contributed by atoms with van der Waals surface area (Å²) in [4.78, 5) is 26.1. The molecule has 1 fully saturated rings. The number of carbonyl (C=O) groups is 2. The Kier molecular flexibility index (Phi) is 6.42. The van der Waals surface area contributed by atoms with Crippen LogP contribution in [0.25, 0.3) is 0 Å². The predicted molar refractivity (Wildman–Crippen MR) is 97.3 cm³/mol. The molecule has 1 saturated heterocycles. The van der Waals surface area contributed by atoms with Crippen LogP contribution in [-0.2, 0) is 16.0 Å². The van der Waals surface area contributed by atoms with Gasteiger partial charge < -0.3 is 20.7 Å². The van der Waals surface area contributed by atoms with Gasteiger partial charge in [0.2, 0.25) is 11.8 Å². The fourth-order valence-corrected chi connectivity index (χ4v) is 2.95. The summed E-state index contributed by atoms with van der Waals surface area (Å²) in [6.07, 6.45) is 0.825. The van der Waals surface area contributed by atoms with Gasteiger partial charge in [0.05, 0.1) is 6.42 Å². The van der Waals surface area contributed by atoms with Crippen LogP contribution in [0.5, 0.6) is 5.75 Å². The molecule has 0 radical (unpaired) electrons. The molecule has 0 saturated carbocycles. The molecular formula is C19H29N3O3. The van der Waals surface area contributed by atoms with Crippen molar-refractivity contribution >= 4 is 11.8 Å². The number of carbonyl (C=O) groups excluding carboxylic acids is 2. The molecule has 138 valence electrons. The lowest BCUT2D eigenvalue weighted by Crippen LogP contribution is -2.42. The van der Waals surface area contributed by atoms with E-state index in [0.717, 1.165) is 11.3 Å². The zero-order chi connectivity index (χ0) is 18.4. The first kappa shape index (κ1) is 19.2. The van der Waals surface area contributed by atoms with E-state index in [0.29, 0.717) is 39.1 Å². The molecule has 2 rings (SSSR count). The van der Waals surface area contributed by atoms with Crippen molar-refractivity contribution in [2.24, 2.45) is 11.7 Å². The van der Waals surface area contributed by atoms with Gasteiger partial charge in [0.1, 0.15) is 12.4 Å². The van der Waals surface area contributed by atoms with Crippen molar-refractivity contribution in [1.82, 2.24) is 10.2 Å². The van der Waals surface area contributed by atoms with Crippen LogP contribution < -0.4 is 15.8 Å².